The molecule has 28 heavy (non-hydrogen) atoms. The van der Waals surface area contributed by atoms with Crippen LogP contribution in [0.25, 0.3) is 5.57 Å². The second-order valence-electron chi connectivity index (χ2n) is 6.80. The van der Waals surface area contributed by atoms with Crippen molar-refractivity contribution in [1.29, 1.82) is 0 Å². The average molecular weight is 414 g/mol. The van der Waals surface area contributed by atoms with Crippen molar-refractivity contribution in [1.82, 2.24) is 15.3 Å². The van der Waals surface area contributed by atoms with Gasteiger partial charge in [0.2, 0.25) is 0 Å². The highest BCUT2D eigenvalue weighted by Gasteiger charge is 2.56. The maximum Gasteiger partial charge on any atom is 0.469 e. The first-order valence-electron chi connectivity index (χ1n) is 8.25. The maximum atomic E-state index is 11.0. The number of rotatable bonds is 4. The van der Waals surface area contributed by atoms with Crippen molar-refractivity contribution in [3.05, 3.63) is 17.7 Å². The van der Waals surface area contributed by atoms with Crippen molar-refractivity contribution in [2.45, 2.75) is 31.0 Å². The lowest BCUT2D eigenvalue weighted by atomic mass is 9.96. The molecule has 1 aromatic heterocycles. The van der Waals surface area contributed by atoms with E-state index in [9.17, 15) is 14.8 Å². The lowest BCUT2D eigenvalue weighted by Crippen LogP contribution is -2.53. The number of phosphoric acid groups is 1. The topological polar surface area (TPSA) is 196 Å². The van der Waals surface area contributed by atoms with E-state index in [2.05, 4.69) is 24.8 Å². The minimum atomic E-state index is -4.77. The predicted molar refractivity (Wildman–Crippen MR) is 95.1 cm³/mol. The summed E-state index contributed by atoms with van der Waals surface area (Å²) in [6.07, 6.45) is -1.02. The number of hydrogen-bond donors (Lipinski definition) is 6. The van der Waals surface area contributed by atoms with E-state index in [0.717, 1.165) is 0 Å². The van der Waals surface area contributed by atoms with Gasteiger partial charge in [-0.2, -0.15) is 0 Å². The molecule has 0 radical (unpaired) electrons. The Labute approximate surface area is 158 Å². The van der Waals surface area contributed by atoms with Gasteiger partial charge in [0.15, 0.2) is 12.0 Å². The molecule has 1 aromatic rings. The number of aliphatic hydroxyl groups is 2. The molecule has 3 aliphatic heterocycles. The molecule has 3 aliphatic rings. The monoisotopic (exact) mass is 414 g/mol. The van der Waals surface area contributed by atoms with Crippen LogP contribution in [0.15, 0.2) is 17.1 Å². The number of anilines is 1. The molecule has 0 amide bonds. The Morgan fingerprint density at radius 1 is 1.50 bits per heavy atom. The molecule has 0 aromatic carbocycles. The van der Waals surface area contributed by atoms with E-state index in [1.807, 2.05) is 0 Å². The first kappa shape index (κ1) is 19.2. The van der Waals surface area contributed by atoms with Gasteiger partial charge in [0.25, 0.3) is 0 Å². The molecule has 152 valence electrons. The molecule has 13 nitrogen and oxygen atoms in total. The Balaban J connectivity index is 1.68. The van der Waals surface area contributed by atoms with Crippen molar-refractivity contribution in [2.24, 2.45) is 10.7 Å². The van der Waals surface area contributed by atoms with E-state index in [0.29, 0.717) is 28.6 Å². The number of aliphatic imine (C=N–C) groups is 1. The van der Waals surface area contributed by atoms with Crippen LogP contribution in [-0.2, 0) is 13.8 Å². The van der Waals surface area contributed by atoms with Gasteiger partial charge in [0, 0.05) is 5.57 Å². The number of aliphatic hydroxyl groups excluding tert-OH is 1. The lowest BCUT2D eigenvalue weighted by molar-refractivity contribution is -0.0627. The summed E-state index contributed by atoms with van der Waals surface area (Å²) in [4.78, 5) is 31.9. The minimum Gasteiger partial charge on any atom is -0.387 e. The van der Waals surface area contributed by atoms with Gasteiger partial charge >= 0.3 is 7.82 Å². The quantitative estimate of drug-likeness (QED) is 0.301. The van der Waals surface area contributed by atoms with Crippen LogP contribution < -0.4 is 16.0 Å². The fourth-order valence-corrected chi connectivity index (χ4v) is 3.87. The van der Waals surface area contributed by atoms with E-state index in [1.165, 1.54) is 19.6 Å². The number of nitrogens with two attached hydrogens (primary N) is 1. The van der Waals surface area contributed by atoms with Crippen molar-refractivity contribution >= 4 is 31.4 Å². The van der Waals surface area contributed by atoms with Gasteiger partial charge < -0.3 is 40.7 Å². The van der Waals surface area contributed by atoms with Crippen LogP contribution in [-0.4, -0.2) is 73.5 Å². The molecular formula is C14H19N6O7P. The predicted octanol–water partition coefficient (Wildman–Crippen LogP) is -1.87. The molecule has 4 heterocycles. The van der Waals surface area contributed by atoms with Crippen LogP contribution in [0.4, 0.5) is 11.6 Å². The molecule has 4 rings (SSSR count). The number of ether oxygens (including phenoxy) is 1. The van der Waals surface area contributed by atoms with E-state index < -0.39 is 38.5 Å². The zero-order valence-corrected chi connectivity index (χ0v) is 15.5. The van der Waals surface area contributed by atoms with E-state index in [1.54, 1.807) is 4.90 Å². The first-order chi connectivity index (χ1) is 13.1. The number of aromatic nitrogens is 2. The summed E-state index contributed by atoms with van der Waals surface area (Å²) < 4.78 is 21.1. The molecule has 1 fully saturated rings. The number of hydrogen-bond acceptors (Lipinski definition) is 11. The van der Waals surface area contributed by atoms with E-state index >= 15 is 0 Å². The Morgan fingerprint density at radius 3 is 2.96 bits per heavy atom. The molecule has 7 N–H and O–H groups in total. The van der Waals surface area contributed by atoms with Crippen molar-refractivity contribution in [3.8, 4) is 0 Å². The van der Waals surface area contributed by atoms with Crippen LogP contribution in [0.5, 0.6) is 0 Å². The third-order valence-electron chi connectivity index (χ3n) is 4.89. The highest BCUT2D eigenvalue weighted by atomic mass is 31.2. The minimum absolute atomic E-state index is 0.183. The third kappa shape index (κ3) is 3.06. The fraction of sp³-hybridized carbons (Fsp3) is 0.500. The summed E-state index contributed by atoms with van der Waals surface area (Å²) in [5.41, 5.74) is 5.48. The van der Waals surface area contributed by atoms with E-state index in [-0.39, 0.29) is 6.54 Å². The van der Waals surface area contributed by atoms with Gasteiger partial charge in [0.1, 0.15) is 35.8 Å². The van der Waals surface area contributed by atoms with Crippen LogP contribution in [0.2, 0.25) is 0 Å². The van der Waals surface area contributed by atoms with Gasteiger partial charge in [-0.3, -0.25) is 4.52 Å². The second-order valence-corrected chi connectivity index (χ2v) is 8.04. The molecule has 14 heteroatoms. The average Bonchev–Trinajstić information content (AvgIpc) is 3.03. The van der Waals surface area contributed by atoms with Crippen LogP contribution in [0, 0.1) is 0 Å². The largest absolute Gasteiger partial charge is 0.469 e. The van der Waals surface area contributed by atoms with Gasteiger partial charge in [-0.15, -0.1) is 0 Å². The molecule has 0 aliphatic carbocycles. The van der Waals surface area contributed by atoms with Crippen LogP contribution in [0.1, 0.15) is 12.5 Å². The lowest BCUT2D eigenvalue weighted by Gasteiger charge is -2.34. The summed E-state index contributed by atoms with van der Waals surface area (Å²) in [5, 5.41) is 24.1. The van der Waals surface area contributed by atoms with Crippen molar-refractivity contribution < 1.29 is 33.8 Å². The highest BCUT2D eigenvalue weighted by molar-refractivity contribution is 7.46. The normalized spacial score (nSPS) is 31.8. The van der Waals surface area contributed by atoms with Gasteiger partial charge in [-0.05, 0) is 6.92 Å². The number of nitrogens with zero attached hydrogens (tertiary/aromatic N) is 4. The molecule has 0 bridgehead atoms. The molecule has 0 unspecified atom stereocenters. The van der Waals surface area contributed by atoms with Crippen LogP contribution >= 0.6 is 7.82 Å². The van der Waals surface area contributed by atoms with Gasteiger partial charge in [-0.25, -0.2) is 19.5 Å². The third-order valence-corrected chi connectivity index (χ3v) is 5.37. The number of phosphoric ester groups is 1. The zero-order valence-electron chi connectivity index (χ0n) is 14.6. The van der Waals surface area contributed by atoms with Gasteiger partial charge in [0.05, 0.1) is 25.1 Å². The summed E-state index contributed by atoms with van der Waals surface area (Å²) in [6, 6.07) is 0. The van der Waals surface area contributed by atoms with E-state index in [4.69, 9.17) is 20.3 Å². The molecule has 4 atom stereocenters. The summed E-state index contributed by atoms with van der Waals surface area (Å²) in [6.45, 7) is 0.933. The summed E-state index contributed by atoms with van der Waals surface area (Å²) in [5.74, 6) is 1.12. The van der Waals surface area contributed by atoms with Crippen LogP contribution in [0.3, 0.4) is 0 Å². The Kier molecular flexibility index (Phi) is 4.43. The fourth-order valence-electron chi connectivity index (χ4n) is 3.53. The zero-order chi connectivity index (χ0) is 20.3. The standard InChI is InChI=1S/C14H19N6O7P/c1-14(22)9(21)7(3-26-28(23,24)25)27-13(14)20-2-6-8-11(17-4-16-10(6)15)18-5-19-12(8)20/h4-5,7,9,13,21-22H,2-3,15H2,1H3,(H2,23,24,25)(H,16,17,18,19)/t7-,9-,13-,14-/m1/s1. The van der Waals surface area contributed by atoms with Crippen molar-refractivity contribution in [2.75, 3.05) is 18.1 Å². The smallest absolute Gasteiger partial charge is 0.387 e. The molecular weight excluding hydrogens is 395 g/mol. The summed E-state index contributed by atoms with van der Waals surface area (Å²) >= 11 is 0. The molecule has 0 spiro atoms. The first-order valence-corrected chi connectivity index (χ1v) is 9.78. The maximum absolute atomic E-state index is 11.0. The Morgan fingerprint density at radius 2 is 2.25 bits per heavy atom. The summed E-state index contributed by atoms with van der Waals surface area (Å²) in [7, 11) is -4.77. The SMILES string of the molecule is C[C@@]1(O)[C@H](O)[C@@H](COP(=O)(O)O)O[C@H]1N1CC2=C(N)NC=Nc3ncnc1c32. The number of nitrogens with one attached hydrogen (secondary N) is 1. The highest BCUT2D eigenvalue weighted by Crippen LogP contribution is 2.46. The Hall–Kier alpha value is -2.12. The van der Waals surface area contributed by atoms with Gasteiger partial charge in [-0.1, -0.05) is 0 Å². The molecule has 0 saturated carbocycles. The Bertz CT molecular complexity index is 915. The van der Waals surface area contributed by atoms with Crippen molar-refractivity contribution in [3.63, 3.8) is 0 Å². The second kappa shape index (κ2) is 6.46. The molecule has 1 saturated heterocycles.